The summed E-state index contributed by atoms with van der Waals surface area (Å²) in [5.41, 5.74) is 4.11. The third-order valence-electron chi connectivity index (χ3n) is 5.03. The minimum atomic E-state index is -0.938. The molecule has 1 aromatic heterocycles. The maximum Gasteiger partial charge on any atom is 0.358 e. The van der Waals surface area contributed by atoms with Crippen molar-refractivity contribution in [1.82, 2.24) is 4.98 Å². The molecule has 0 fully saturated rings. The molecule has 2 aromatic carbocycles. The van der Waals surface area contributed by atoms with E-state index in [2.05, 4.69) is 24.1 Å². The van der Waals surface area contributed by atoms with Gasteiger partial charge >= 0.3 is 5.97 Å². The lowest BCUT2D eigenvalue weighted by molar-refractivity contribution is -0.123. The number of benzene rings is 2. The van der Waals surface area contributed by atoms with Crippen LogP contribution in [0.5, 0.6) is 0 Å². The number of amides is 1. The van der Waals surface area contributed by atoms with E-state index in [-0.39, 0.29) is 11.6 Å². The van der Waals surface area contributed by atoms with E-state index >= 15 is 0 Å². The number of esters is 1. The van der Waals surface area contributed by atoms with Gasteiger partial charge in [-0.15, -0.1) is 11.3 Å². The van der Waals surface area contributed by atoms with Crippen LogP contribution in [-0.4, -0.2) is 23.0 Å². The van der Waals surface area contributed by atoms with Crippen molar-refractivity contribution >= 4 is 28.9 Å². The lowest BCUT2D eigenvalue weighted by Gasteiger charge is -2.18. The van der Waals surface area contributed by atoms with Crippen LogP contribution in [0.15, 0.2) is 53.9 Å². The second-order valence-electron chi connectivity index (χ2n) is 7.34. The summed E-state index contributed by atoms with van der Waals surface area (Å²) < 4.78 is 5.36. The second kappa shape index (κ2) is 9.67. The molecule has 0 aliphatic heterocycles. The molecule has 1 amide bonds. The Morgan fingerprint density at radius 2 is 1.80 bits per heavy atom. The van der Waals surface area contributed by atoms with E-state index in [0.29, 0.717) is 5.92 Å². The van der Waals surface area contributed by atoms with Gasteiger partial charge in [-0.25, -0.2) is 9.78 Å². The molecule has 0 bridgehead atoms. The molecule has 3 aromatic rings. The van der Waals surface area contributed by atoms with Crippen molar-refractivity contribution in [2.45, 2.75) is 46.1 Å². The van der Waals surface area contributed by atoms with Crippen LogP contribution in [0.2, 0.25) is 0 Å². The fourth-order valence-electron chi connectivity index (χ4n) is 2.97. The standard InChI is InChI=1S/C24H26N2O3S/c1-5-16(3)19-8-6-7-9-20(19)25-22(27)17(4)29-24(28)21-14-30-23(26-21)18-12-10-15(2)11-13-18/h6-14,16-17H,5H2,1-4H3,(H,25,27)/t16-,17+/m0/s1. The van der Waals surface area contributed by atoms with E-state index in [9.17, 15) is 9.59 Å². The first-order valence-corrected chi connectivity index (χ1v) is 10.9. The predicted octanol–water partition coefficient (Wildman–Crippen LogP) is 5.82. The SMILES string of the molecule is CC[C@H](C)c1ccccc1NC(=O)[C@@H](C)OC(=O)c1csc(-c2ccc(C)cc2)n1. The predicted molar refractivity (Wildman–Crippen MR) is 121 cm³/mol. The molecule has 1 N–H and O–H groups in total. The highest BCUT2D eigenvalue weighted by molar-refractivity contribution is 7.13. The summed E-state index contributed by atoms with van der Waals surface area (Å²) in [5.74, 6) is -0.662. The fourth-order valence-corrected chi connectivity index (χ4v) is 3.76. The number of rotatable bonds is 7. The smallest absolute Gasteiger partial charge is 0.358 e. The summed E-state index contributed by atoms with van der Waals surface area (Å²) >= 11 is 1.37. The fraction of sp³-hybridized carbons (Fsp3) is 0.292. The third-order valence-corrected chi connectivity index (χ3v) is 5.92. The van der Waals surface area contributed by atoms with E-state index in [1.807, 2.05) is 55.5 Å². The zero-order valence-corrected chi connectivity index (χ0v) is 18.5. The molecule has 0 aliphatic rings. The van der Waals surface area contributed by atoms with E-state index in [0.717, 1.165) is 33.8 Å². The highest BCUT2D eigenvalue weighted by Crippen LogP contribution is 2.27. The van der Waals surface area contributed by atoms with Crippen LogP contribution in [0, 0.1) is 6.92 Å². The number of nitrogens with one attached hydrogen (secondary N) is 1. The van der Waals surface area contributed by atoms with Crippen LogP contribution in [0.4, 0.5) is 5.69 Å². The molecule has 6 heteroatoms. The van der Waals surface area contributed by atoms with E-state index < -0.39 is 12.1 Å². The molecule has 5 nitrogen and oxygen atoms in total. The molecule has 0 aliphatic carbocycles. The van der Waals surface area contributed by atoms with E-state index in [1.165, 1.54) is 11.3 Å². The Hall–Kier alpha value is -2.99. The van der Waals surface area contributed by atoms with Crippen molar-refractivity contribution in [3.05, 3.63) is 70.7 Å². The summed E-state index contributed by atoms with van der Waals surface area (Å²) in [6.45, 7) is 7.79. The second-order valence-corrected chi connectivity index (χ2v) is 8.20. The molecular weight excluding hydrogens is 396 g/mol. The molecule has 0 spiro atoms. The van der Waals surface area contributed by atoms with Crippen LogP contribution in [0.25, 0.3) is 10.6 Å². The zero-order valence-electron chi connectivity index (χ0n) is 17.6. The number of anilines is 1. The first-order chi connectivity index (χ1) is 14.4. The number of hydrogen-bond donors (Lipinski definition) is 1. The van der Waals surface area contributed by atoms with Gasteiger partial charge in [0.25, 0.3) is 5.91 Å². The van der Waals surface area contributed by atoms with Gasteiger partial charge in [-0.05, 0) is 37.8 Å². The topological polar surface area (TPSA) is 68.3 Å². The van der Waals surface area contributed by atoms with Crippen molar-refractivity contribution in [2.24, 2.45) is 0 Å². The summed E-state index contributed by atoms with van der Waals surface area (Å²) in [6, 6.07) is 15.6. The number of aryl methyl sites for hydroxylation is 1. The number of ether oxygens (including phenoxy) is 1. The Labute approximate surface area is 181 Å². The highest BCUT2D eigenvalue weighted by atomic mass is 32.1. The Balaban J connectivity index is 1.65. The Kier molecular flexibility index (Phi) is 7.00. The number of para-hydroxylation sites is 1. The highest BCUT2D eigenvalue weighted by Gasteiger charge is 2.22. The zero-order chi connectivity index (χ0) is 21.7. The van der Waals surface area contributed by atoms with Gasteiger partial charge in [0.05, 0.1) is 0 Å². The van der Waals surface area contributed by atoms with Gasteiger partial charge in [0, 0.05) is 16.6 Å². The lowest BCUT2D eigenvalue weighted by Crippen LogP contribution is -2.30. The first-order valence-electron chi connectivity index (χ1n) is 10.0. The van der Waals surface area contributed by atoms with Gasteiger partial charge in [-0.1, -0.05) is 61.9 Å². The Morgan fingerprint density at radius 1 is 1.10 bits per heavy atom. The third kappa shape index (κ3) is 5.13. The van der Waals surface area contributed by atoms with Crippen LogP contribution in [-0.2, 0) is 9.53 Å². The molecular formula is C24H26N2O3S. The van der Waals surface area contributed by atoms with Crippen LogP contribution < -0.4 is 5.32 Å². The van der Waals surface area contributed by atoms with Crippen LogP contribution >= 0.6 is 11.3 Å². The number of hydrogen-bond acceptors (Lipinski definition) is 5. The first kappa shape index (κ1) is 21.7. The molecule has 0 unspecified atom stereocenters. The van der Waals surface area contributed by atoms with Crippen LogP contribution in [0.1, 0.15) is 54.7 Å². The monoisotopic (exact) mass is 422 g/mol. The van der Waals surface area contributed by atoms with E-state index in [4.69, 9.17) is 4.74 Å². The maximum atomic E-state index is 12.6. The van der Waals surface area contributed by atoms with E-state index in [1.54, 1.807) is 12.3 Å². The van der Waals surface area contributed by atoms with Gasteiger partial charge in [-0.2, -0.15) is 0 Å². The summed E-state index contributed by atoms with van der Waals surface area (Å²) in [6.07, 6.45) is 0.0249. The summed E-state index contributed by atoms with van der Waals surface area (Å²) in [4.78, 5) is 29.4. The molecule has 156 valence electrons. The number of thiazole rings is 1. The maximum absolute atomic E-state index is 12.6. The number of aromatic nitrogens is 1. The molecule has 3 rings (SSSR count). The van der Waals surface area contributed by atoms with Gasteiger partial charge in [0.2, 0.25) is 0 Å². The van der Waals surface area contributed by atoms with Crippen molar-refractivity contribution in [1.29, 1.82) is 0 Å². The number of carbonyl (C=O) groups excluding carboxylic acids is 2. The molecule has 0 radical (unpaired) electrons. The largest absolute Gasteiger partial charge is 0.448 e. The lowest BCUT2D eigenvalue weighted by atomic mass is 9.97. The van der Waals surface area contributed by atoms with Gasteiger partial charge in [0.1, 0.15) is 5.01 Å². The molecule has 30 heavy (non-hydrogen) atoms. The van der Waals surface area contributed by atoms with Gasteiger partial charge in [0.15, 0.2) is 11.8 Å². The molecule has 1 heterocycles. The molecule has 0 saturated heterocycles. The van der Waals surface area contributed by atoms with Gasteiger partial charge < -0.3 is 10.1 Å². The minimum absolute atomic E-state index is 0.204. The number of nitrogens with zero attached hydrogens (tertiary/aromatic N) is 1. The Bertz CT molecular complexity index is 1030. The average Bonchev–Trinajstić information content (AvgIpc) is 3.24. The van der Waals surface area contributed by atoms with Gasteiger partial charge in [-0.3, -0.25) is 4.79 Å². The quantitative estimate of drug-likeness (QED) is 0.488. The summed E-state index contributed by atoms with van der Waals surface area (Å²) in [5, 5.41) is 5.28. The average molecular weight is 423 g/mol. The van der Waals surface area contributed by atoms with Crippen molar-refractivity contribution < 1.29 is 14.3 Å². The van der Waals surface area contributed by atoms with Crippen molar-refractivity contribution in [3.8, 4) is 10.6 Å². The molecule has 0 saturated carbocycles. The van der Waals surface area contributed by atoms with Crippen LogP contribution in [0.3, 0.4) is 0 Å². The summed E-state index contributed by atoms with van der Waals surface area (Å²) in [7, 11) is 0. The minimum Gasteiger partial charge on any atom is -0.448 e. The Morgan fingerprint density at radius 3 is 2.50 bits per heavy atom. The van der Waals surface area contributed by atoms with Crippen molar-refractivity contribution in [3.63, 3.8) is 0 Å². The normalized spacial score (nSPS) is 12.8. The molecule has 2 atom stereocenters. The van der Waals surface area contributed by atoms with Crippen molar-refractivity contribution in [2.75, 3.05) is 5.32 Å². The number of carbonyl (C=O) groups is 2.